The maximum Gasteiger partial charge on any atom is 0.259 e. The highest BCUT2D eigenvalue weighted by Gasteiger charge is 2.20. The number of phenolic OH excluding ortho intramolecular Hbond substituents is 1. The van der Waals surface area contributed by atoms with Gasteiger partial charge in [-0.15, -0.1) is 0 Å². The molecule has 8 heteroatoms. The Balaban J connectivity index is 1.40. The maximum atomic E-state index is 12.6. The number of aromatic hydroxyl groups is 1. The van der Waals surface area contributed by atoms with E-state index < -0.39 is 0 Å². The molecule has 1 aliphatic heterocycles. The van der Waals surface area contributed by atoms with Crippen LogP contribution >= 0.6 is 12.2 Å². The largest absolute Gasteiger partial charge is 0.508 e. The monoisotopic (exact) mass is 455 g/mol. The fourth-order valence-electron chi connectivity index (χ4n) is 3.55. The average Bonchev–Trinajstić information content (AvgIpc) is 2.78. The van der Waals surface area contributed by atoms with Crippen molar-refractivity contribution in [3.63, 3.8) is 0 Å². The van der Waals surface area contributed by atoms with Gasteiger partial charge in [-0.1, -0.05) is 12.1 Å². The van der Waals surface area contributed by atoms with Crippen molar-refractivity contribution < 1.29 is 19.4 Å². The average molecular weight is 456 g/mol. The van der Waals surface area contributed by atoms with E-state index in [0.29, 0.717) is 30.3 Å². The topological polar surface area (TPSA) is 82.1 Å². The fraction of sp³-hybridized carbons (Fsp3) is 0.375. The number of amides is 1. The summed E-state index contributed by atoms with van der Waals surface area (Å²) in [7, 11) is 0. The number of piperazine rings is 1. The van der Waals surface area contributed by atoms with E-state index in [2.05, 4.69) is 10.2 Å². The minimum atomic E-state index is -0.128. The van der Waals surface area contributed by atoms with Gasteiger partial charge in [0.25, 0.3) is 5.17 Å². The van der Waals surface area contributed by atoms with Gasteiger partial charge in [0.1, 0.15) is 12.4 Å². The molecule has 0 unspecified atom stereocenters. The summed E-state index contributed by atoms with van der Waals surface area (Å²) in [6.07, 6.45) is 0.445. The molecule has 0 spiro atoms. The predicted molar refractivity (Wildman–Crippen MR) is 128 cm³/mol. The summed E-state index contributed by atoms with van der Waals surface area (Å²) < 4.78 is 5.72. The highest BCUT2D eigenvalue weighted by molar-refractivity contribution is 7.80. The molecular weight excluding hydrogens is 426 g/mol. The molecule has 0 aliphatic carbocycles. The van der Waals surface area contributed by atoms with Crippen molar-refractivity contribution >= 4 is 34.8 Å². The van der Waals surface area contributed by atoms with E-state index >= 15 is 0 Å². The minimum absolute atomic E-state index is 0.0951. The van der Waals surface area contributed by atoms with Crippen LogP contribution in [0.2, 0.25) is 0 Å². The van der Waals surface area contributed by atoms with Crippen LogP contribution in [0.3, 0.4) is 0 Å². The highest BCUT2D eigenvalue weighted by atomic mass is 32.1. The smallest absolute Gasteiger partial charge is 0.259 e. The van der Waals surface area contributed by atoms with Crippen LogP contribution in [0.25, 0.3) is 0 Å². The quantitative estimate of drug-likeness (QED) is 0.489. The van der Waals surface area contributed by atoms with Gasteiger partial charge < -0.3 is 20.1 Å². The van der Waals surface area contributed by atoms with Gasteiger partial charge in [0, 0.05) is 57.3 Å². The van der Waals surface area contributed by atoms with E-state index in [4.69, 9.17) is 17.0 Å². The Morgan fingerprint density at radius 1 is 1.09 bits per heavy atom. The Bertz CT molecular complexity index is 970. The van der Waals surface area contributed by atoms with Gasteiger partial charge in [-0.3, -0.25) is 14.5 Å². The van der Waals surface area contributed by atoms with Crippen LogP contribution in [0, 0.1) is 6.92 Å². The van der Waals surface area contributed by atoms with Crippen molar-refractivity contribution in [3.05, 3.63) is 59.2 Å². The summed E-state index contributed by atoms with van der Waals surface area (Å²) in [5.74, 6) is 0.192. The second-order valence-corrected chi connectivity index (χ2v) is 8.28. The molecule has 0 atom stereocenters. The third-order valence-electron chi connectivity index (χ3n) is 5.44. The molecular formula is C24H29N3O4S. The molecule has 0 bridgehead atoms. The first-order valence-corrected chi connectivity index (χ1v) is 11.1. The summed E-state index contributed by atoms with van der Waals surface area (Å²) in [4.78, 5) is 28.1. The number of nitrogens with zero attached hydrogens (tertiary/aromatic N) is 2. The van der Waals surface area contributed by atoms with Crippen molar-refractivity contribution in [1.82, 2.24) is 9.80 Å². The van der Waals surface area contributed by atoms with Crippen molar-refractivity contribution in [2.24, 2.45) is 0 Å². The number of benzene rings is 2. The van der Waals surface area contributed by atoms with E-state index in [9.17, 15) is 14.7 Å². The molecule has 170 valence electrons. The van der Waals surface area contributed by atoms with Crippen molar-refractivity contribution in [1.29, 1.82) is 0 Å². The number of anilines is 1. The summed E-state index contributed by atoms with van der Waals surface area (Å²) in [6, 6.07) is 12.2. The second-order valence-electron chi connectivity index (χ2n) is 7.93. The Hall–Kier alpha value is -2.97. The number of carbonyl (C=O) groups is 2. The van der Waals surface area contributed by atoms with Gasteiger partial charge in [0.15, 0.2) is 5.78 Å². The van der Waals surface area contributed by atoms with Crippen molar-refractivity contribution in [2.45, 2.75) is 26.9 Å². The number of nitrogens with one attached hydrogen (secondary N) is 1. The molecule has 32 heavy (non-hydrogen) atoms. The van der Waals surface area contributed by atoms with Crippen molar-refractivity contribution in [3.8, 4) is 5.75 Å². The zero-order valence-electron chi connectivity index (χ0n) is 18.5. The molecule has 1 aliphatic rings. The second kappa shape index (κ2) is 11.1. The van der Waals surface area contributed by atoms with Gasteiger partial charge in [-0.2, -0.15) is 0 Å². The number of rotatable bonds is 7. The first kappa shape index (κ1) is 23.7. The van der Waals surface area contributed by atoms with Crippen LogP contribution in [0.5, 0.6) is 5.75 Å². The van der Waals surface area contributed by atoms with E-state index in [1.54, 1.807) is 24.3 Å². The summed E-state index contributed by atoms with van der Waals surface area (Å²) >= 11 is 5.41. The fourth-order valence-corrected chi connectivity index (χ4v) is 3.80. The molecule has 0 saturated carbocycles. The molecule has 0 radical (unpaired) electrons. The third-order valence-corrected chi connectivity index (χ3v) is 5.82. The standard InChI is InChI=1S/C24H29N3O4S/c1-17-15-20(5-8-22(17)25-18(2)28)23(30)9-10-26-11-13-27(14-12-26)24(32)31-16-19-3-6-21(29)7-4-19/h3-8,15,29H,9-14,16H2,1-2H3,(H,25,28). The molecule has 7 nitrogen and oxygen atoms in total. The SMILES string of the molecule is CC(=O)Nc1ccc(C(=O)CCN2CCN(C(=S)OCc3ccc(O)cc3)CC2)cc1C. The van der Waals surface area contributed by atoms with Crippen LogP contribution < -0.4 is 5.32 Å². The van der Waals surface area contributed by atoms with Crippen molar-refractivity contribution in [2.75, 3.05) is 38.0 Å². The first-order chi connectivity index (χ1) is 15.3. The lowest BCUT2D eigenvalue weighted by Crippen LogP contribution is -2.49. The van der Waals surface area contributed by atoms with E-state index in [1.165, 1.54) is 6.92 Å². The molecule has 1 fully saturated rings. The molecule has 2 aromatic carbocycles. The molecule has 2 N–H and O–H groups in total. The molecule has 3 rings (SSSR count). The minimum Gasteiger partial charge on any atom is -0.508 e. The zero-order valence-corrected chi connectivity index (χ0v) is 19.3. The number of hydrogen-bond donors (Lipinski definition) is 2. The van der Waals surface area contributed by atoms with Gasteiger partial charge in [-0.25, -0.2) is 0 Å². The first-order valence-electron chi connectivity index (χ1n) is 10.7. The van der Waals surface area contributed by atoms with Crippen LogP contribution in [-0.4, -0.2) is 64.5 Å². The zero-order chi connectivity index (χ0) is 23.1. The molecule has 1 heterocycles. The third kappa shape index (κ3) is 6.77. The van der Waals surface area contributed by atoms with E-state index in [-0.39, 0.29) is 17.4 Å². The number of carbonyl (C=O) groups excluding carboxylic acids is 2. The Labute approximate surface area is 194 Å². The Kier molecular flexibility index (Phi) is 8.19. The van der Waals surface area contributed by atoms with Gasteiger partial charge >= 0.3 is 0 Å². The summed E-state index contributed by atoms with van der Waals surface area (Å²) in [5.41, 5.74) is 3.22. The molecule has 1 amide bonds. The van der Waals surface area contributed by atoms with E-state index in [0.717, 1.165) is 43.0 Å². The van der Waals surface area contributed by atoms with Crippen LogP contribution in [-0.2, 0) is 16.1 Å². The van der Waals surface area contributed by atoms with Gasteiger partial charge in [-0.05, 0) is 60.6 Å². The lowest BCUT2D eigenvalue weighted by atomic mass is 10.0. The van der Waals surface area contributed by atoms with Gasteiger partial charge in [0.2, 0.25) is 5.91 Å². The normalized spacial score (nSPS) is 14.1. The lowest BCUT2D eigenvalue weighted by Gasteiger charge is -2.35. The predicted octanol–water partition coefficient (Wildman–Crippen LogP) is 3.35. The highest BCUT2D eigenvalue weighted by Crippen LogP contribution is 2.18. The van der Waals surface area contributed by atoms with Crippen LogP contribution in [0.4, 0.5) is 5.69 Å². The van der Waals surface area contributed by atoms with E-state index in [1.807, 2.05) is 30.0 Å². The number of Topliss-reactive ketones (excluding diaryl/α,β-unsaturated/α-hetero) is 1. The number of thiocarbonyl (C=S) groups is 1. The van der Waals surface area contributed by atoms with Gasteiger partial charge in [0.05, 0.1) is 0 Å². The number of hydrogen-bond acceptors (Lipinski definition) is 6. The number of aryl methyl sites for hydroxylation is 1. The number of phenols is 1. The van der Waals surface area contributed by atoms with Crippen LogP contribution in [0.1, 0.15) is 34.8 Å². The molecule has 0 aromatic heterocycles. The Morgan fingerprint density at radius 3 is 2.41 bits per heavy atom. The Morgan fingerprint density at radius 2 is 1.78 bits per heavy atom. The van der Waals surface area contributed by atoms with Crippen LogP contribution in [0.15, 0.2) is 42.5 Å². The molecule has 1 saturated heterocycles. The lowest BCUT2D eigenvalue weighted by molar-refractivity contribution is -0.114. The summed E-state index contributed by atoms with van der Waals surface area (Å²) in [5, 5.41) is 12.6. The number of ether oxygens (including phenoxy) is 1. The molecule has 2 aromatic rings. The summed E-state index contributed by atoms with van der Waals surface area (Å²) in [6.45, 7) is 7.56. The number of ketones is 1. The maximum absolute atomic E-state index is 12.6.